The van der Waals surface area contributed by atoms with Crippen molar-refractivity contribution in [3.8, 4) is 5.75 Å². The first-order valence-electron chi connectivity index (χ1n) is 8.40. The number of amides is 1. The van der Waals surface area contributed by atoms with Crippen LogP contribution in [0.5, 0.6) is 5.75 Å². The van der Waals surface area contributed by atoms with Crippen molar-refractivity contribution in [2.75, 3.05) is 26.9 Å². The molecule has 6 heteroatoms. The number of carboxylic acid groups (broad SMARTS) is 1. The maximum atomic E-state index is 12.8. The summed E-state index contributed by atoms with van der Waals surface area (Å²) in [6.45, 7) is 3.73. The number of carbonyl (C=O) groups excluding carboxylic acids is 1. The van der Waals surface area contributed by atoms with Crippen LogP contribution in [0, 0.1) is 0 Å². The first kappa shape index (κ1) is 19.5. The Morgan fingerprint density at radius 1 is 1.04 bits per heavy atom. The summed E-state index contributed by atoms with van der Waals surface area (Å²) in [5, 5.41) is 8.94. The topological polar surface area (TPSA) is 76.1 Å². The van der Waals surface area contributed by atoms with Gasteiger partial charge in [0, 0.05) is 20.2 Å². The molecule has 2 aromatic rings. The van der Waals surface area contributed by atoms with Gasteiger partial charge in [0.25, 0.3) is 5.91 Å². The predicted molar refractivity (Wildman–Crippen MR) is 97.6 cm³/mol. The maximum absolute atomic E-state index is 12.8. The number of aromatic carboxylic acids is 1. The molecule has 138 valence electrons. The lowest BCUT2D eigenvalue weighted by Crippen LogP contribution is -2.27. The molecule has 0 spiro atoms. The van der Waals surface area contributed by atoms with Crippen LogP contribution < -0.4 is 4.74 Å². The molecule has 0 aliphatic carbocycles. The Morgan fingerprint density at radius 2 is 1.73 bits per heavy atom. The fourth-order valence-corrected chi connectivity index (χ4v) is 2.43. The van der Waals surface area contributed by atoms with Gasteiger partial charge in [0.05, 0.1) is 17.7 Å². The smallest absolute Gasteiger partial charge is 0.335 e. The molecule has 0 fully saturated rings. The lowest BCUT2D eigenvalue weighted by molar-refractivity contribution is 0.0695. The Bertz CT molecular complexity index is 742. The van der Waals surface area contributed by atoms with E-state index in [-0.39, 0.29) is 11.5 Å². The Kier molecular flexibility index (Phi) is 7.17. The van der Waals surface area contributed by atoms with E-state index in [0.29, 0.717) is 37.7 Å². The molecule has 0 aromatic heterocycles. The number of carboxylic acids is 1. The van der Waals surface area contributed by atoms with Gasteiger partial charge in [-0.3, -0.25) is 4.79 Å². The fourth-order valence-electron chi connectivity index (χ4n) is 2.43. The summed E-state index contributed by atoms with van der Waals surface area (Å²) in [4.78, 5) is 25.2. The average molecular weight is 357 g/mol. The van der Waals surface area contributed by atoms with E-state index in [1.54, 1.807) is 42.3 Å². The monoisotopic (exact) mass is 357 g/mol. The van der Waals surface area contributed by atoms with Gasteiger partial charge in [-0.15, -0.1) is 0 Å². The van der Waals surface area contributed by atoms with E-state index in [0.717, 1.165) is 5.56 Å². The first-order chi connectivity index (χ1) is 12.5. The van der Waals surface area contributed by atoms with Crippen LogP contribution in [0.4, 0.5) is 0 Å². The molecule has 0 saturated carbocycles. The third kappa shape index (κ3) is 5.32. The Morgan fingerprint density at radius 3 is 2.38 bits per heavy atom. The summed E-state index contributed by atoms with van der Waals surface area (Å²) >= 11 is 0. The molecule has 6 nitrogen and oxygen atoms in total. The fraction of sp³-hybridized carbons (Fsp3) is 0.300. The average Bonchev–Trinajstić information content (AvgIpc) is 2.65. The molecule has 0 atom stereocenters. The minimum absolute atomic E-state index is 0.167. The molecule has 2 aromatic carbocycles. The van der Waals surface area contributed by atoms with E-state index in [1.165, 1.54) is 12.1 Å². The summed E-state index contributed by atoms with van der Waals surface area (Å²) in [6, 6.07) is 13.6. The molecule has 0 aliphatic heterocycles. The molecule has 0 heterocycles. The highest BCUT2D eigenvalue weighted by Crippen LogP contribution is 2.20. The van der Waals surface area contributed by atoms with Gasteiger partial charge < -0.3 is 19.5 Å². The number of rotatable bonds is 9. The molecule has 0 bridgehead atoms. The van der Waals surface area contributed by atoms with Crippen LogP contribution in [-0.2, 0) is 11.3 Å². The van der Waals surface area contributed by atoms with Crippen molar-refractivity contribution in [2.45, 2.75) is 13.5 Å². The number of ether oxygens (including phenoxy) is 2. The minimum Gasteiger partial charge on any atom is -0.490 e. The molecule has 1 N–H and O–H groups in total. The zero-order valence-electron chi connectivity index (χ0n) is 15.0. The number of nitrogens with zero attached hydrogens (tertiary/aromatic N) is 1. The summed E-state index contributed by atoms with van der Waals surface area (Å²) in [6.07, 6.45) is 0. The van der Waals surface area contributed by atoms with Crippen LogP contribution >= 0.6 is 0 Å². The lowest BCUT2D eigenvalue weighted by atomic mass is 10.1. The van der Waals surface area contributed by atoms with Crippen LogP contribution in [0.15, 0.2) is 48.5 Å². The number of hydrogen-bond donors (Lipinski definition) is 1. The van der Waals surface area contributed by atoms with Gasteiger partial charge in [0.2, 0.25) is 0 Å². The SMILES string of the molecule is CCOCCOc1ccccc1C(=O)N(C)Cc1ccc(C(=O)O)cc1. The van der Waals surface area contributed by atoms with E-state index in [9.17, 15) is 9.59 Å². The molecule has 26 heavy (non-hydrogen) atoms. The third-order valence-corrected chi connectivity index (χ3v) is 3.77. The van der Waals surface area contributed by atoms with Gasteiger partial charge in [-0.1, -0.05) is 24.3 Å². The standard InChI is InChI=1S/C20H23NO5/c1-3-25-12-13-26-18-7-5-4-6-17(18)19(22)21(2)14-15-8-10-16(11-9-15)20(23)24/h4-11H,3,12-14H2,1-2H3,(H,23,24). The zero-order valence-corrected chi connectivity index (χ0v) is 15.0. The molecule has 2 rings (SSSR count). The highest BCUT2D eigenvalue weighted by Gasteiger charge is 2.17. The number of benzene rings is 2. The normalized spacial score (nSPS) is 10.4. The van der Waals surface area contributed by atoms with Crippen molar-refractivity contribution in [2.24, 2.45) is 0 Å². The van der Waals surface area contributed by atoms with Crippen LogP contribution in [0.25, 0.3) is 0 Å². The summed E-state index contributed by atoms with van der Waals surface area (Å²) in [7, 11) is 1.70. The Balaban J connectivity index is 2.04. The second kappa shape index (κ2) is 9.58. The van der Waals surface area contributed by atoms with Crippen LogP contribution in [0.3, 0.4) is 0 Å². The van der Waals surface area contributed by atoms with Crippen molar-refractivity contribution >= 4 is 11.9 Å². The van der Waals surface area contributed by atoms with Gasteiger partial charge in [-0.05, 0) is 36.8 Å². The Hall–Kier alpha value is -2.86. The first-order valence-corrected chi connectivity index (χ1v) is 8.40. The number of para-hydroxylation sites is 1. The second-order valence-corrected chi connectivity index (χ2v) is 5.70. The van der Waals surface area contributed by atoms with E-state index in [4.69, 9.17) is 14.6 Å². The second-order valence-electron chi connectivity index (χ2n) is 5.70. The van der Waals surface area contributed by atoms with E-state index >= 15 is 0 Å². The molecule has 0 radical (unpaired) electrons. The minimum atomic E-state index is -0.973. The lowest BCUT2D eigenvalue weighted by Gasteiger charge is -2.19. The van der Waals surface area contributed by atoms with Crippen molar-refractivity contribution in [3.05, 3.63) is 65.2 Å². The van der Waals surface area contributed by atoms with E-state index in [1.807, 2.05) is 13.0 Å². The molecular formula is C20H23NO5. The van der Waals surface area contributed by atoms with E-state index in [2.05, 4.69) is 0 Å². The van der Waals surface area contributed by atoms with Crippen molar-refractivity contribution in [1.29, 1.82) is 0 Å². The van der Waals surface area contributed by atoms with E-state index < -0.39 is 5.97 Å². The highest BCUT2D eigenvalue weighted by molar-refractivity contribution is 5.96. The third-order valence-electron chi connectivity index (χ3n) is 3.77. The molecule has 1 amide bonds. The largest absolute Gasteiger partial charge is 0.490 e. The van der Waals surface area contributed by atoms with Gasteiger partial charge in [0.1, 0.15) is 12.4 Å². The van der Waals surface area contributed by atoms with Crippen molar-refractivity contribution < 1.29 is 24.2 Å². The number of hydrogen-bond acceptors (Lipinski definition) is 4. The highest BCUT2D eigenvalue weighted by atomic mass is 16.5. The Labute approximate surface area is 153 Å². The predicted octanol–water partition coefficient (Wildman–Crippen LogP) is 3.07. The van der Waals surface area contributed by atoms with Gasteiger partial charge in [-0.2, -0.15) is 0 Å². The van der Waals surface area contributed by atoms with Crippen LogP contribution in [-0.4, -0.2) is 48.8 Å². The summed E-state index contributed by atoms with van der Waals surface area (Å²) in [5.74, 6) is -0.622. The number of carbonyl (C=O) groups is 2. The van der Waals surface area contributed by atoms with Crippen LogP contribution in [0.1, 0.15) is 33.2 Å². The van der Waals surface area contributed by atoms with Crippen molar-refractivity contribution in [1.82, 2.24) is 4.90 Å². The maximum Gasteiger partial charge on any atom is 0.335 e. The summed E-state index contributed by atoms with van der Waals surface area (Å²) in [5.41, 5.74) is 1.55. The van der Waals surface area contributed by atoms with Gasteiger partial charge in [0.15, 0.2) is 0 Å². The zero-order chi connectivity index (χ0) is 18.9. The van der Waals surface area contributed by atoms with Gasteiger partial charge >= 0.3 is 5.97 Å². The van der Waals surface area contributed by atoms with Gasteiger partial charge in [-0.25, -0.2) is 4.79 Å². The van der Waals surface area contributed by atoms with Crippen LogP contribution in [0.2, 0.25) is 0 Å². The molecule has 0 unspecified atom stereocenters. The molecular weight excluding hydrogens is 334 g/mol. The summed E-state index contributed by atoms with van der Waals surface area (Å²) < 4.78 is 10.9. The molecule has 0 aliphatic rings. The van der Waals surface area contributed by atoms with Crippen molar-refractivity contribution in [3.63, 3.8) is 0 Å². The molecule has 0 saturated heterocycles. The quantitative estimate of drug-likeness (QED) is 0.698.